The minimum Gasteiger partial charge on any atom is -0.246 e. The number of halogens is 1. The Bertz CT molecular complexity index is 313. The number of hydrogen-bond donors (Lipinski definition) is 0. The van der Waals surface area contributed by atoms with Crippen molar-refractivity contribution < 1.29 is 0 Å². The number of alkyl halides is 1. The summed E-state index contributed by atoms with van der Waals surface area (Å²) in [7, 11) is 0. The van der Waals surface area contributed by atoms with Crippen LogP contribution < -0.4 is 0 Å². The van der Waals surface area contributed by atoms with Crippen molar-refractivity contribution in [1.29, 1.82) is 0 Å². The van der Waals surface area contributed by atoms with E-state index in [9.17, 15) is 0 Å². The summed E-state index contributed by atoms with van der Waals surface area (Å²) in [6, 6.07) is 0. The van der Waals surface area contributed by atoms with Gasteiger partial charge in [-0.15, -0.1) is 22.9 Å². The summed E-state index contributed by atoms with van der Waals surface area (Å²) in [5.74, 6) is 1.28. The molecule has 1 rings (SSSR count). The first-order valence-corrected chi connectivity index (χ1v) is 6.73. The first-order chi connectivity index (χ1) is 6.89. The van der Waals surface area contributed by atoms with E-state index in [1.807, 2.05) is 0 Å². The van der Waals surface area contributed by atoms with Crippen molar-refractivity contribution in [3.8, 4) is 0 Å². The monoisotopic (exact) mass is 245 g/mol. The molecule has 0 bridgehead atoms. The zero-order valence-electron chi connectivity index (χ0n) is 10.2. The number of nitrogens with zero attached hydrogens (tertiary/aromatic N) is 1. The fraction of sp³-hybridized carbons (Fsp3) is 0.750. The molecule has 0 aromatic carbocycles. The Morgan fingerprint density at radius 3 is 2.33 bits per heavy atom. The molecule has 0 saturated carbocycles. The summed E-state index contributed by atoms with van der Waals surface area (Å²) < 4.78 is 0. The van der Waals surface area contributed by atoms with Crippen molar-refractivity contribution >= 4 is 22.9 Å². The van der Waals surface area contributed by atoms with E-state index in [2.05, 4.69) is 39.6 Å². The molecule has 1 aromatic rings. The second-order valence-electron chi connectivity index (χ2n) is 4.87. The number of thiazole rings is 1. The van der Waals surface area contributed by atoms with Crippen LogP contribution in [0, 0.1) is 25.2 Å². The Labute approximate surface area is 102 Å². The van der Waals surface area contributed by atoms with E-state index in [1.165, 1.54) is 9.88 Å². The number of aromatic nitrogens is 1. The van der Waals surface area contributed by atoms with Crippen LogP contribution >= 0.6 is 22.9 Å². The van der Waals surface area contributed by atoms with E-state index in [4.69, 9.17) is 11.6 Å². The lowest BCUT2D eigenvalue weighted by molar-refractivity contribution is 0.253. The maximum atomic E-state index is 6.08. The molecule has 1 aromatic heterocycles. The molecule has 0 saturated heterocycles. The van der Waals surface area contributed by atoms with Gasteiger partial charge in [-0.2, -0.15) is 0 Å². The van der Waals surface area contributed by atoms with Crippen molar-refractivity contribution in [2.75, 3.05) is 5.88 Å². The molecule has 1 unspecified atom stereocenters. The van der Waals surface area contributed by atoms with Crippen molar-refractivity contribution in [1.82, 2.24) is 4.98 Å². The molecule has 0 aliphatic rings. The molecule has 1 nitrogen and oxygen atoms in total. The quantitative estimate of drug-likeness (QED) is 0.725. The van der Waals surface area contributed by atoms with Crippen LogP contribution in [0.5, 0.6) is 0 Å². The van der Waals surface area contributed by atoms with Crippen molar-refractivity contribution in [3.63, 3.8) is 0 Å². The lowest BCUT2D eigenvalue weighted by atomic mass is 9.78. The molecule has 1 heterocycles. The van der Waals surface area contributed by atoms with Crippen molar-refractivity contribution in [3.05, 3.63) is 15.6 Å². The van der Waals surface area contributed by atoms with E-state index in [-0.39, 0.29) is 5.41 Å². The van der Waals surface area contributed by atoms with Crippen molar-refractivity contribution in [2.24, 2.45) is 11.3 Å². The van der Waals surface area contributed by atoms with Gasteiger partial charge in [0.25, 0.3) is 0 Å². The highest BCUT2D eigenvalue weighted by Gasteiger charge is 2.29. The maximum absolute atomic E-state index is 6.08. The highest BCUT2D eigenvalue weighted by molar-refractivity contribution is 7.11. The molecule has 0 spiro atoms. The summed E-state index contributed by atoms with van der Waals surface area (Å²) in [4.78, 5) is 5.91. The molecule has 0 amide bonds. The van der Waals surface area contributed by atoms with Crippen LogP contribution in [0.2, 0.25) is 0 Å². The van der Waals surface area contributed by atoms with Crippen LogP contribution in [0.15, 0.2) is 0 Å². The number of hydrogen-bond acceptors (Lipinski definition) is 2. The average molecular weight is 246 g/mol. The van der Waals surface area contributed by atoms with Gasteiger partial charge in [-0.3, -0.25) is 0 Å². The standard InChI is InChI=1S/C12H20ClNS/c1-8(2)12(5,7-13)6-11-14-9(3)10(4)15-11/h8H,6-7H2,1-5H3. The van der Waals surface area contributed by atoms with Crippen LogP contribution in [0.4, 0.5) is 0 Å². The van der Waals surface area contributed by atoms with Crippen LogP contribution in [0.25, 0.3) is 0 Å². The van der Waals surface area contributed by atoms with Gasteiger partial charge in [0.1, 0.15) is 0 Å². The first-order valence-electron chi connectivity index (χ1n) is 5.38. The van der Waals surface area contributed by atoms with Gasteiger partial charge in [0.05, 0.1) is 10.7 Å². The SMILES string of the molecule is Cc1nc(CC(C)(CCl)C(C)C)sc1C. The van der Waals surface area contributed by atoms with Crippen LogP contribution in [-0.4, -0.2) is 10.9 Å². The predicted molar refractivity (Wildman–Crippen MR) is 69.0 cm³/mol. The van der Waals surface area contributed by atoms with Crippen LogP contribution in [0.3, 0.4) is 0 Å². The summed E-state index contributed by atoms with van der Waals surface area (Å²) >= 11 is 7.88. The molecule has 3 heteroatoms. The van der Waals surface area contributed by atoms with Gasteiger partial charge in [-0.1, -0.05) is 20.8 Å². The van der Waals surface area contributed by atoms with Gasteiger partial charge < -0.3 is 0 Å². The lowest BCUT2D eigenvalue weighted by Gasteiger charge is -2.30. The van der Waals surface area contributed by atoms with E-state index in [0.717, 1.165) is 12.1 Å². The Hall–Kier alpha value is -0.0800. The molecular formula is C12H20ClNS. The molecule has 86 valence electrons. The van der Waals surface area contributed by atoms with Gasteiger partial charge in [0.15, 0.2) is 0 Å². The normalized spacial score (nSPS) is 15.7. The largest absolute Gasteiger partial charge is 0.246 e. The average Bonchev–Trinajstić information content (AvgIpc) is 2.45. The summed E-state index contributed by atoms with van der Waals surface area (Å²) in [6.07, 6.45) is 0.994. The molecule has 0 fully saturated rings. The van der Waals surface area contributed by atoms with E-state index in [0.29, 0.717) is 11.8 Å². The highest BCUT2D eigenvalue weighted by Crippen LogP contribution is 2.34. The third-order valence-corrected chi connectivity index (χ3v) is 5.01. The first kappa shape index (κ1) is 13.0. The topological polar surface area (TPSA) is 12.9 Å². The van der Waals surface area contributed by atoms with Crippen LogP contribution in [-0.2, 0) is 6.42 Å². The molecule has 0 N–H and O–H groups in total. The Kier molecular flexibility index (Phi) is 4.19. The van der Waals surface area contributed by atoms with Gasteiger partial charge >= 0.3 is 0 Å². The Morgan fingerprint density at radius 1 is 1.40 bits per heavy atom. The molecule has 15 heavy (non-hydrogen) atoms. The molecule has 0 aliphatic carbocycles. The second-order valence-corrected chi connectivity index (χ2v) is 6.42. The fourth-order valence-corrected chi connectivity index (χ4v) is 2.90. The third-order valence-electron chi connectivity index (χ3n) is 3.33. The molecule has 0 aliphatic heterocycles. The minimum atomic E-state index is 0.165. The zero-order chi connectivity index (χ0) is 11.6. The number of aryl methyl sites for hydroxylation is 2. The number of rotatable bonds is 4. The third kappa shape index (κ3) is 2.94. The van der Waals surface area contributed by atoms with E-state index in [1.54, 1.807) is 11.3 Å². The lowest BCUT2D eigenvalue weighted by Crippen LogP contribution is -2.28. The minimum absolute atomic E-state index is 0.165. The van der Waals surface area contributed by atoms with E-state index < -0.39 is 0 Å². The molecular weight excluding hydrogens is 226 g/mol. The van der Waals surface area contributed by atoms with E-state index >= 15 is 0 Å². The smallest absolute Gasteiger partial charge is 0.0936 e. The van der Waals surface area contributed by atoms with Gasteiger partial charge in [0.2, 0.25) is 0 Å². The predicted octanol–water partition coefficient (Wildman–Crippen LogP) is 4.20. The van der Waals surface area contributed by atoms with Gasteiger partial charge in [-0.25, -0.2) is 4.98 Å². The molecule has 1 atom stereocenters. The summed E-state index contributed by atoms with van der Waals surface area (Å²) in [5, 5.41) is 1.22. The molecule has 0 radical (unpaired) electrons. The second kappa shape index (κ2) is 4.84. The van der Waals surface area contributed by atoms with Crippen LogP contribution in [0.1, 0.15) is 36.3 Å². The Morgan fingerprint density at radius 2 is 2.00 bits per heavy atom. The highest BCUT2D eigenvalue weighted by atomic mass is 35.5. The maximum Gasteiger partial charge on any atom is 0.0936 e. The van der Waals surface area contributed by atoms with Gasteiger partial charge in [0, 0.05) is 17.2 Å². The Balaban J connectivity index is 2.84. The summed E-state index contributed by atoms with van der Waals surface area (Å²) in [6.45, 7) is 10.9. The fourth-order valence-electron chi connectivity index (χ4n) is 1.37. The zero-order valence-corrected chi connectivity index (χ0v) is 11.8. The van der Waals surface area contributed by atoms with Gasteiger partial charge in [-0.05, 0) is 25.2 Å². The summed E-state index contributed by atoms with van der Waals surface area (Å²) in [5.41, 5.74) is 1.33. The van der Waals surface area contributed by atoms with Crippen molar-refractivity contribution in [2.45, 2.75) is 41.0 Å².